The average molecular weight is 183 g/mol. The molecular formula is C9H17N3O. The second-order valence-electron chi connectivity index (χ2n) is 3.99. The molecule has 0 aromatic heterocycles. The Kier molecular flexibility index (Phi) is 2.26. The lowest BCUT2D eigenvalue weighted by Gasteiger charge is -2.39. The van der Waals surface area contributed by atoms with Crippen LogP contribution in [-0.4, -0.2) is 41.0 Å². The first kappa shape index (κ1) is 8.97. The Morgan fingerprint density at radius 2 is 1.92 bits per heavy atom. The molecule has 2 aliphatic rings. The van der Waals surface area contributed by atoms with Crippen molar-refractivity contribution in [2.45, 2.75) is 38.3 Å². The number of nitrogens with zero attached hydrogens (tertiary/aromatic N) is 2. The van der Waals surface area contributed by atoms with Crippen molar-refractivity contribution < 1.29 is 4.79 Å². The molecule has 2 N–H and O–H groups in total. The van der Waals surface area contributed by atoms with Gasteiger partial charge in [0.15, 0.2) is 0 Å². The van der Waals surface area contributed by atoms with Gasteiger partial charge in [-0.25, -0.2) is 5.01 Å². The van der Waals surface area contributed by atoms with Crippen LogP contribution in [0.25, 0.3) is 0 Å². The predicted octanol–water partition coefficient (Wildman–Crippen LogP) is -0.0547. The van der Waals surface area contributed by atoms with Gasteiger partial charge in [-0.3, -0.25) is 10.6 Å². The lowest BCUT2D eigenvalue weighted by molar-refractivity contribution is -0.136. The fourth-order valence-corrected chi connectivity index (χ4v) is 2.53. The lowest BCUT2D eigenvalue weighted by Crippen LogP contribution is -2.57. The molecule has 0 saturated carbocycles. The van der Waals surface area contributed by atoms with Gasteiger partial charge in [-0.1, -0.05) is 6.92 Å². The van der Waals surface area contributed by atoms with Crippen molar-refractivity contribution in [2.75, 3.05) is 13.1 Å². The average Bonchev–Trinajstić information content (AvgIpc) is 2.37. The SMILES string of the molecule is CCC(=O)N1[C@H]2CC[C@H]1CN(N)C2. The summed E-state index contributed by atoms with van der Waals surface area (Å²) in [5, 5.41) is 1.85. The van der Waals surface area contributed by atoms with Crippen LogP contribution in [0.4, 0.5) is 0 Å². The number of hydrogen-bond acceptors (Lipinski definition) is 3. The molecule has 2 heterocycles. The Hall–Kier alpha value is -0.610. The van der Waals surface area contributed by atoms with E-state index in [9.17, 15) is 4.79 Å². The fraction of sp³-hybridized carbons (Fsp3) is 0.889. The number of fused-ring (bicyclic) bond motifs is 2. The van der Waals surface area contributed by atoms with Crippen LogP contribution in [0.5, 0.6) is 0 Å². The number of piperazine rings is 1. The van der Waals surface area contributed by atoms with E-state index < -0.39 is 0 Å². The van der Waals surface area contributed by atoms with E-state index in [0.717, 1.165) is 25.9 Å². The minimum absolute atomic E-state index is 0.292. The van der Waals surface area contributed by atoms with E-state index in [1.54, 1.807) is 0 Å². The van der Waals surface area contributed by atoms with Crippen LogP contribution in [0.2, 0.25) is 0 Å². The van der Waals surface area contributed by atoms with Gasteiger partial charge in [0, 0.05) is 31.6 Å². The van der Waals surface area contributed by atoms with Crippen molar-refractivity contribution in [3.63, 3.8) is 0 Å². The summed E-state index contributed by atoms with van der Waals surface area (Å²) >= 11 is 0. The molecule has 0 unspecified atom stereocenters. The summed E-state index contributed by atoms with van der Waals surface area (Å²) in [6, 6.07) is 0.771. The first-order valence-electron chi connectivity index (χ1n) is 5.03. The molecule has 4 nitrogen and oxygen atoms in total. The van der Waals surface area contributed by atoms with E-state index in [1.807, 2.05) is 11.9 Å². The first-order valence-corrected chi connectivity index (χ1v) is 5.03. The van der Waals surface area contributed by atoms with E-state index in [0.29, 0.717) is 24.4 Å². The summed E-state index contributed by atoms with van der Waals surface area (Å²) in [5.41, 5.74) is 0. The number of carbonyl (C=O) groups excluding carboxylic acids is 1. The number of carbonyl (C=O) groups is 1. The third kappa shape index (κ3) is 1.44. The highest BCUT2D eigenvalue weighted by atomic mass is 16.2. The Bertz CT molecular complexity index is 205. The third-order valence-corrected chi connectivity index (χ3v) is 3.10. The van der Waals surface area contributed by atoms with E-state index in [1.165, 1.54) is 0 Å². The fourth-order valence-electron chi connectivity index (χ4n) is 2.53. The normalized spacial score (nSPS) is 33.8. The highest BCUT2D eigenvalue weighted by molar-refractivity contribution is 5.77. The van der Waals surface area contributed by atoms with Crippen LogP contribution < -0.4 is 5.84 Å². The smallest absolute Gasteiger partial charge is 0.222 e. The topological polar surface area (TPSA) is 49.6 Å². The molecule has 0 radical (unpaired) electrons. The molecule has 74 valence electrons. The third-order valence-electron chi connectivity index (χ3n) is 3.10. The van der Waals surface area contributed by atoms with E-state index >= 15 is 0 Å². The molecule has 0 spiro atoms. The molecule has 13 heavy (non-hydrogen) atoms. The Balaban J connectivity index is 2.10. The molecule has 2 saturated heterocycles. The number of rotatable bonds is 1. The minimum atomic E-state index is 0.292. The quantitative estimate of drug-likeness (QED) is 0.580. The molecule has 4 heteroatoms. The number of amides is 1. The Labute approximate surface area is 78.6 Å². The molecule has 1 amide bonds. The van der Waals surface area contributed by atoms with Crippen LogP contribution in [0.15, 0.2) is 0 Å². The molecule has 2 fully saturated rings. The van der Waals surface area contributed by atoms with Gasteiger partial charge in [-0.15, -0.1) is 0 Å². The second kappa shape index (κ2) is 3.27. The largest absolute Gasteiger partial charge is 0.334 e. The Morgan fingerprint density at radius 3 is 2.38 bits per heavy atom. The van der Waals surface area contributed by atoms with Gasteiger partial charge in [0.25, 0.3) is 0 Å². The molecule has 2 rings (SSSR count). The maximum atomic E-state index is 11.6. The van der Waals surface area contributed by atoms with Crippen LogP contribution in [0.1, 0.15) is 26.2 Å². The summed E-state index contributed by atoms with van der Waals surface area (Å²) in [6.07, 6.45) is 2.88. The summed E-state index contributed by atoms with van der Waals surface area (Å²) in [7, 11) is 0. The first-order chi connectivity index (χ1) is 6.22. The molecular weight excluding hydrogens is 166 g/mol. The van der Waals surface area contributed by atoms with Gasteiger partial charge in [-0.05, 0) is 12.8 Å². The molecule has 2 atom stereocenters. The van der Waals surface area contributed by atoms with Gasteiger partial charge in [0.05, 0.1) is 0 Å². The summed E-state index contributed by atoms with van der Waals surface area (Å²) < 4.78 is 0. The highest BCUT2D eigenvalue weighted by Gasteiger charge is 2.40. The van der Waals surface area contributed by atoms with Gasteiger partial charge in [0.1, 0.15) is 0 Å². The van der Waals surface area contributed by atoms with Crippen molar-refractivity contribution >= 4 is 5.91 Å². The van der Waals surface area contributed by atoms with Gasteiger partial charge in [0.2, 0.25) is 5.91 Å². The molecule has 0 aromatic carbocycles. The van der Waals surface area contributed by atoms with E-state index in [4.69, 9.17) is 5.84 Å². The zero-order valence-corrected chi connectivity index (χ0v) is 8.07. The molecule has 2 bridgehead atoms. The molecule has 0 aliphatic carbocycles. The minimum Gasteiger partial charge on any atom is -0.334 e. The number of hydrogen-bond donors (Lipinski definition) is 1. The number of nitrogens with two attached hydrogens (primary N) is 1. The Morgan fingerprint density at radius 1 is 1.38 bits per heavy atom. The van der Waals surface area contributed by atoms with Crippen molar-refractivity contribution in [1.29, 1.82) is 0 Å². The van der Waals surface area contributed by atoms with Crippen molar-refractivity contribution in [3.05, 3.63) is 0 Å². The summed E-state index contributed by atoms with van der Waals surface area (Å²) in [6.45, 7) is 3.63. The van der Waals surface area contributed by atoms with E-state index in [2.05, 4.69) is 4.90 Å². The lowest BCUT2D eigenvalue weighted by atomic mass is 10.2. The van der Waals surface area contributed by atoms with Crippen molar-refractivity contribution in [3.8, 4) is 0 Å². The van der Waals surface area contributed by atoms with Crippen LogP contribution in [-0.2, 0) is 4.79 Å². The summed E-state index contributed by atoms with van der Waals surface area (Å²) in [4.78, 5) is 13.7. The van der Waals surface area contributed by atoms with Crippen LogP contribution in [0, 0.1) is 0 Å². The zero-order chi connectivity index (χ0) is 9.42. The molecule has 0 aromatic rings. The maximum Gasteiger partial charge on any atom is 0.222 e. The van der Waals surface area contributed by atoms with E-state index in [-0.39, 0.29) is 0 Å². The molecule has 2 aliphatic heterocycles. The summed E-state index contributed by atoms with van der Waals surface area (Å²) in [5.74, 6) is 6.05. The zero-order valence-electron chi connectivity index (χ0n) is 8.07. The monoisotopic (exact) mass is 183 g/mol. The van der Waals surface area contributed by atoms with Crippen LogP contribution in [0.3, 0.4) is 0 Å². The standard InChI is InChI=1S/C9H17N3O/c1-2-9(13)12-7-3-4-8(12)6-11(10)5-7/h7-8H,2-6,10H2,1H3/t7-,8-/m0/s1. The maximum absolute atomic E-state index is 11.6. The second-order valence-corrected chi connectivity index (χ2v) is 3.99. The van der Waals surface area contributed by atoms with Gasteiger partial charge in [-0.2, -0.15) is 0 Å². The highest BCUT2D eigenvalue weighted by Crippen LogP contribution is 2.29. The number of hydrazine groups is 1. The van der Waals surface area contributed by atoms with Crippen molar-refractivity contribution in [1.82, 2.24) is 9.91 Å². The van der Waals surface area contributed by atoms with Gasteiger partial charge >= 0.3 is 0 Å². The predicted molar refractivity (Wildman–Crippen MR) is 49.7 cm³/mol. The van der Waals surface area contributed by atoms with Crippen molar-refractivity contribution in [2.24, 2.45) is 5.84 Å². The van der Waals surface area contributed by atoms with Gasteiger partial charge < -0.3 is 4.90 Å². The van der Waals surface area contributed by atoms with Crippen LogP contribution >= 0.6 is 0 Å².